The van der Waals surface area contributed by atoms with Gasteiger partial charge in [0.25, 0.3) is 0 Å². The Morgan fingerprint density at radius 1 is 1.26 bits per heavy atom. The summed E-state index contributed by atoms with van der Waals surface area (Å²) in [5, 5.41) is 8.97. The van der Waals surface area contributed by atoms with Gasteiger partial charge in [-0.15, -0.1) is 0 Å². The van der Waals surface area contributed by atoms with Crippen molar-refractivity contribution < 1.29 is 24.2 Å². The molecule has 2 saturated heterocycles. The van der Waals surface area contributed by atoms with E-state index >= 15 is 0 Å². The minimum atomic E-state index is -1.12. The second kappa shape index (κ2) is 5.13. The number of likely N-dealkylation sites (N-methyl/N-ethyl adjacent to an activating group) is 1. The molecule has 2 aliphatic heterocycles. The van der Waals surface area contributed by atoms with Gasteiger partial charge in [-0.1, -0.05) is 12.1 Å². The summed E-state index contributed by atoms with van der Waals surface area (Å²) in [6.45, 7) is 1.89. The molecule has 7 heteroatoms. The second-order valence-corrected chi connectivity index (χ2v) is 6.32. The van der Waals surface area contributed by atoms with Gasteiger partial charge in [-0.2, -0.15) is 0 Å². The number of hydrogen-bond acceptors (Lipinski definition) is 4. The zero-order valence-corrected chi connectivity index (χ0v) is 12.7. The molecule has 0 bridgehead atoms. The van der Waals surface area contributed by atoms with Crippen molar-refractivity contribution in [2.45, 2.75) is 12.1 Å². The maximum Gasteiger partial charge on any atom is 0.416 e. The van der Waals surface area contributed by atoms with E-state index in [2.05, 4.69) is 0 Å². The summed E-state index contributed by atoms with van der Waals surface area (Å²) < 4.78 is 10.5. The predicted octanol–water partition coefficient (Wildman–Crippen LogP) is 1.94. The summed E-state index contributed by atoms with van der Waals surface area (Å²) in [4.78, 5) is 25.4. The van der Waals surface area contributed by atoms with Crippen LogP contribution in [0, 0.1) is 11.8 Å². The summed E-state index contributed by atoms with van der Waals surface area (Å²) in [6.07, 6.45) is -2.42. The fourth-order valence-corrected chi connectivity index (χ4v) is 3.59. The van der Waals surface area contributed by atoms with E-state index in [0.29, 0.717) is 17.8 Å². The zero-order valence-electron chi connectivity index (χ0n) is 12.7. The lowest BCUT2D eigenvalue weighted by atomic mass is 10.1. The summed E-state index contributed by atoms with van der Waals surface area (Å²) >= 11 is 0. The lowest BCUT2D eigenvalue weighted by molar-refractivity contribution is 0.0415. The van der Waals surface area contributed by atoms with Crippen LogP contribution in [0.3, 0.4) is 0 Å². The van der Waals surface area contributed by atoms with E-state index in [-0.39, 0.29) is 6.54 Å². The molecule has 2 amide bonds. The highest BCUT2D eigenvalue weighted by molar-refractivity contribution is 5.90. The number of carbonyl (C=O) groups is 2. The number of fused-ring (bicyclic) bond motifs is 1. The minimum Gasteiger partial charge on any atom is -0.465 e. The normalized spacial score (nSPS) is 31.7. The van der Waals surface area contributed by atoms with E-state index in [1.165, 1.54) is 17.5 Å². The Hall–Kier alpha value is -2.28. The Bertz CT molecular complexity index is 636. The van der Waals surface area contributed by atoms with Crippen LogP contribution < -0.4 is 4.90 Å². The van der Waals surface area contributed by atoms with Gasteiger partial charge in [0.2, 0.25) is 0 Å². The molecule has 1 aromatic rings. The molecule has 1 unspecified atom stereocenters. The van der Waals surface area contributed by atoms with Crippen LogP contribution >= 0.6 is 0 Å². The van der Waals surface area contributed by atoms with Crippen molar-refractivity contribution in [1.82, 2.24) is 4.90 Å². The molecule has 1 saturated carbocycles. The molecule has 2 heterocycles. The standard InChI is InChI=1S/C16H18N2O5/c1-17(15(19)20)13-6-18(16(21)23-13)10-4-2-9(3-5-10)14-11-7-22-8-12(11)14/h2-5,11-14H,6-8H2,1H3,(H,19,20)/t11-,12+,13-,14?/m0/s1. The Labute approximate surface area is 133 Å². The number of nitrogens with zero attached hydrogens (tertiary/aromatic N) is 2. The maximum atomic E-state index is 12.0. The molecular formula is C16H18N2O5. The number of amides is 2. The van der Waals surface area contributed by atoms with Crippen molar-refractivity contribution in [1.29, 1.82) is 0 Å². The number of carbonyl (C=O) groups excluding carboxylic acids is 1. The number of carboxylic acid groups (broad SMARTS) is 1. The molecule has 3 fully saturated rings. The van der Waals surface area contributed by atoms with Gasteiger partial charge in [0.1, 0.15) is 0 Å². The van der Waals surface area contributed by atoms with Crippen LogP contribution in [0.25, 0.3) is 0 Å². The first-order valence-electron chi connectivity index (χ1n) is 7.68. The average Bonchev–Trinajstić information content (AvgIpc) is 2.88. The van der Waals surface area contributed by atoms with Gasteiger partial charge in [-0.25, -0.2) is 9.59 Å². The highest BCUT2D eigenvalue weighted by Gasteiger charge is 2.54. The Morgan fingerprint density at radius 3 is 2.52 bits per heavy atom. The molecule has 122 valence electrons. The molecule has 3 aliphatic rings. The van der Waals surface area contributed by atoms with E-state index < -0.39 is 18.4 Å². The van der Waals surface area contributed by atoms with Gasteiger partial charge in [0.15, 0.2) is 6.23 Å². The fourth-order valence-electron chi connectivity index (χ4n) is 3.59. The van der Waals surface area contributed by atoms with Crippen molar-refractivity contribution in [3.05, 3.63) is 29.8 Å². The van der Waals surface area contributed by atoms with E-state index in [9.17, 15) is 9.59 Å². The molecular weight excluding hydrogens is 300 g/mol. The van der Waals surface area contributed by atoms with E-state index in [1.807, 2.05) is 24.3 Å². The van der Waals surface area contributed by atoms with E-state index in [1.54, 1.807) is 0 Å². The van der Waals surface area contributed by atoms with Gasteiger partial charge < -0.3 is 14.6 Å². The van der Waals surface area contributed by atoms with Gasteiger partial charge in [-0.05, 0) is 35.4 Å². The molecule has 0 spiro atoms. The summed E-state index contributed by atoms with van der Waals surface area (Å²) in [5.74, 6) is 1.87. The minimum absolute atomic E-state index is 0.198. The molecule has 1 aromatic carbocycles. The van der Waals surface area contributed by atoms with Crippen LogP contribution in [0.2, 0.25) is 0 Å². The van der Waals surface area contributed by atoms with Crippen LogP contribution in [-0.4, -0.2) is 55.2 Å². The third kappa shape index (κ3) is 2.31. The average molecular weight is 318 g/mol. The third-order valence-corrected chi connectivity index (χ3v) is 5.07. The van der Waals surface area contributed by atoms with Gasteiger partial charge in [0.05, 0.1) is 19.8 Å². The van der Waals surface area contributed by atoms with Gasteiger partial charge in [0, 0.05) is 12.7 Å². The monoisotopic (exact) mass is 318 g/mol. The van der Waals surface area contributed by atoms with Gasteiger partial charge >= 0.3 is 12.2 Å². The van der Waals surface area contributed by atoms with Crippen LogP contribution in [0.5, 0.6) is 0 Å². The maximum absolute atomic E-state index is 12.0. The van der Waals surface area contributed by atoms with Crippen LogP contribution in [0.1, 0.15) is 11.5 Å². The molecule has 1 N–H and O–H groups in total. The number of benzene rings is 1. The SMILES string of the molecule is CN(C(=O)O)[C@@H]1CN(c2ccc(C3[C@H]4COC[C@@H]34)cc2)C(=O)O1. The number of ether oxygens (including phenoxy) is 2. The Balaban J connectivity index is 1.46. The highest BCUT2D eigenvalue weighted by atomic mass is 16.6. The van der Waals surface area contributed by atoms with E-state index in [4.69, 9.17) is 14.6 Å². The van der Waals surface area contributed by atoms with Crippen LogP contribution in [0.15, 0.2) is 24.3 Å². The molecule has 0 radical (unpaired) electrons. The van der Waals surface area contributed by atoms with Crippen LogP contribution in [-0.2, 0) is 9.47 Å². The predicted molar refractivity (Wildman–Crippen MR) is 80.4 cm³/mol. The molecule has 4 rings (SSSR count). The molecule has 7 nitrogen and oxygen atoms in total. The first-order chi connectivity index (χ1) is 11.1. The van der Waals surface area contributed by atoms with Crippen molar-refractivity contribution >= 4 is 17.9 Å². The third-order valence-electron chi connectivity index (χ3n) is 5.07. The molecule has 0 aromatic heterocycles. The Morgan fingerprint density at radius 2 is 1.91 bits per heavy atom. The summed E-state index contributed by atoms with van der Waals surface area (Å²) in [7, 11) is 1.39. The lowest BCUT2D eigenvalue weighted by Gasteiger charge is -2.19. The zero-order chi connectivity index (χ0) is 16.1. The van der Waals surface area contributed by atoms with Crippen molar-refractivity contribution in [3.8, 4) is 0 Å². The first-order valence-corrected chi connectivity index (χ1v) is 7.68. The highest BCUT2D eigenvalue weighted by Crippen LogP contribution is 2.57. The first kappa shape index (κ1) is 14.3. The lowest BCUT2D eigenvalue weighted by Crippen LogP contribution is -2.38. The number of hydrogen-bond donors (Lipinski definition) is 1. The van der Waals surface area contributed by atoms with Crippen molar-refractivity contribution in [3.63, 3.8) is 0 Å². The fraction of sp³-hybridized carbons (Fsp3) is 0.500. The smallest absolute Gasteiger partial charge is 0.416 e. The van der Waals surface area contributed by atoms with Gasteiger partial charge in [-0.3, -0.25) is 9.80 Å². The van der Waals surface area contributed by atoms with Crippen LogP contribution in [0.4, 0.5) is 15.3 Å². The largest absolute Gasteiger partial charge is 0.465 e. The molecule has 23 heavy (non-hydrogen) atoms. The quantitative estimate of drug-likeness (QED) is 0.921. The number of cyclic esters (lactones) is 1. The summed E-state index contributed by atoms with van der Waals surface area (Å²) in [6, 6.07) is 7.88. The van der Waals surface area contributed by atoms with Crippen molar-refractivity contribution in [2.24, 2.45) is 11.8 Å². The topological polar surface area (TPSA) is 79.3 Å². The number of rotatable bonds is 3. The van der Waals surface area contributed by atoms with E-state index in [0.717, 1.165) is 23.8 Å². The summed E-state index contributed by atoms with van der Waals surface area (Å²) in [5.41, 5.74) is 2.00. The second-order valence-electron chi connectivity index (χ2n) is 6.32. The molecule has 4 atom stereocenters. The molecule has 1 aliphatic carbocycles. The Kier molecular flexibility index (Phi) is 3.19. The number of anilines is 1. The van der Waals surface area contributed by atoms with Crippen molar-refractivity contribution in [2.75, 3.05) is 31.7 Å².